The average molecular weight is 449 g/mol. The van der Waals surface area contributed by atoms with Gasteiger partial charge >= 0.3 is 0 Å². The number of ether oxygens (including phenoxy) is 4. The van der Waals surface area contributed by atoms with E-state index in [9.17, 15) is 4.79 Å². The molecule has 4 rings (SSSR count). The van der Waals surface area contributed by atoms with E-state index < -0.39 is 0 Å². The summed E-state index contributed by atoms with van der Waals surface area (Å²) in [7, 11) is 5.35. The van der Waals surface area contributed by atoms with Crippen LogP contribution in [0.5, 0.6) is 23.0 Å². The standard InChI is InChI=1S/C21H22BrNO5/c1-23-8-7-14-17(19(26-3)21-20(18(14)22)27-11-28-21)15(23)10-16(24)12-5-4-6-13(9-12)25-2/h4-6,9,15H,7-8,10-11H2,1-3H3/p+1/t15-/m0/s1. The third kappa shape index (κ3) is 3.12. The quantitative estimate of drug-likeness (QED) is 0.712. The van der Waals surface area contributed by atoms with Crippen LogP contribution in [0, 0.1) is 0 Å². The molecule has 1 unspecified atom stereocenters. The highest BCUT2D eigenvalue weighted by Crippen LogP contribution is 2.52. The van der Waals surface area contributed by atoms with E-state index in [2.05, 4.69) is 23.0 Å². The zero-order valence-corrected chi connectivity index (χ0v) is 17.7. The van der Waals surface area contributed by atoms with Gasteiger partial charge in [0.05, 0.1) is 44.3 Å². The van der Waals surface area contributed by atoms with Gasteiger partial charge in [0.25, 0.3) is 0 Å². The molecule has 6 nitrogen and oxygen atoms in total. The molecule has 0 spiro atoms. The normalized spacial score (nSPS) is 19.9. The van der Waals surface area contributed by atoms with E-state index in [4.69, 9.17) is 18.9 Å². The third-order valence-corrected chi connectivity index (χ3v) is 6.39. The van der Waals surface area contributed by atoms with E-state index in [1.54, 1.807) is 20.3 Å². The van der Waals surface area contributed by atoms with Crippen LogP contribution >= 0.6 is 15.9 Å². The Kier molecular flexibility index (Phi) is 5.21. The van der Waals surface area contributed by atoms with Crippen molar-refractivity contribution in [3.05, 3.63) is 45.4 Å². The first kappa shape index (κ1) is 19.1. The van der Waals surface area contributed by atoms with Crippen LogP contribution in [0.3, 0.4) is 0 Å². The Morgan fingerprint density at radius 3 is 2.79 bits per heavy atom. The second kappa shape index (κ2) is 7.64. The Morgan fingerprint density at radius 1 is 1.25 bits per heavy atom. The van der Waals surface area contributed by atoms with Crippen LogP contribution in [-0.4, -0.2) is 40.4 Å². The van der Waals surface area contributed by atoms with Crippen molar-refractivity contribution in [2.24, 2.45) is 0 Å². The van der Waals surface area contributed by atoms with Crippen LogP contribution in [0.4, 0.5) is 0 Å². The van der Waals surface area contributed by atoms with E-state index >= 15 is 0 Å². The fourth-order valence-corrected chi connectivity index (χ4v) is 4.77. The minimum absolute atomic E-state index is 0.0387. The zero-order valence-electron chi connectivity index (χ0n) is 16.1. The number of fused-ring (bicyclic) bond motifs is 2. The number of likely N-dealkylation sites (N-methyl/N-ethyl adjacent to an activating group) is 1. The molecule has 0 fully saturated rings. The van der Waals surface area contributed by atoms with E-state index in [1.165, 1.54) is 4.90 Å². The predicted octanol–water partition coefficient (Wildman–Crippen LogP) is 2.58. The third-order valence-electron chi connectivity index (χ3n) is 5.55. The van der Waals surface area contributed by atoms with Gasteiger partial charge in [-0.05, 0) is 33.6 Å². The fourth-order valence-electron chi connectivity index (χ4n) is 4.06. The molecule has 0 saturated heterocycles. The lowest BCUT2D eigenvalue weighted by molar-refractivity contribution is -0.913. The molecule has 2 aliphatic heterocycles. The van der Waals surface area contributed by atoms with Crippen molar-refractivity contribution in [1.82, 2.24) is 0 Å². The minimum atomic E-state index is -0.0387. The summed E-state index contributed by atoms with van der Waals surface area (Å²) in [5.41, 5.74) is 2.81. The highest BCUT2D eigenvalue weighted by atomic mass is 79.9. The van der Waals surface area contributed by atoms with Crippen molar-refractivity contribution in [3.63, 3.8) is 0 Å². The van der Waals surface area contributed by atoms with Gasteiger partial charge in [-0.25, -0.2) is 0 Å². The Morgan fingerprint density at radius 2 is 2.04 bits per heavy atom. The number of halogens is 1. The molecule has 28 heavy (non-hydrogen) atoms. The summed E-state index contributed by atoms with van der Waals surface area (Å²) in [5.74, 6) is 2.73. The number of carbonyl (C=O) groups excluding carboxylic acids is 1. The maximum absolute atomic E-state index is 13.1. The molecule has 2 aromatic carbocycles. The van der Waals surface area contributed by atoms with Crippen LogP contribution < -0.4 is 23.8 Å². The summed E-state index contributed by atoms with van der Waals surface area (Å²) >= 11 is 3.69. The molecule has 0 bridgehead atoms. The van der Waals surface area contributed by atoms with E-state index in [0.717, 1.165) is 28.6 Å². The molecule has 1 N–H and O–H groups in total. The maximum Gasteiger partial charge on any atom is 0.231 e. The summed E-state index contributed by atoms with van der Waals surface area (Å²) < 4.78 is 23.2. The lowest BCUT2D eigenvalue weighted by Crippen LogP contribution is -3.10. The van der Waals surface area contributed by atoms with Gasteiger partial charge in [-0.15, -0.1) is 0 Å². The molecule has 2 atom stereocenters. The molecule has 2 aromatic rings. The first-order valence-corrected chi connectivity index (χ1v) is 10.0. The van der Waals surface area contributed by atoms with E-state index in [-0.39, 0.29) is 18.6 Å². The van der Waals surface area contributed by atoms with E-state index in [0.29, 0.717) is 35.0 Å². The Bertz CT molecular complexity index is 929. The van der Waals surface area contributed by atoms with Gasteiger partial charge in [0.15, 0.2) is 17.3 Å². The second-order valence-corrected chi connectivity index (χ2v) is 7.86. The molecule has 2 aliphatic rings. The molecule has 0 saturated carbocycles. The molecular formula is C21H23BrNO5+. The lowest BCUT2D eigenvalue weighted by atomic mass is 9.87. The number of hydrogen-bond donors (Lipinski definition) is 1. The van der Waals surface area contributed by atoms with Gasteiger partial charge in [0, 0.05) is 12.0 Å². The number of rotatable bonds is 5. The summed E-state index contributed by atoms with van der Waals surface area (Å²) in [4.78, 5) is 14.3. The maximum atomic E-state index is 13.1. The van der Waals surface area contributed by atoms with Crippen molar-refractivity contribution < 1.29 is 28.6 Å². The van der Waals surface area contributed by atoms with Crippen LogP contribution in [-0.2, 0) is 6.42 Å². The van der Waals surface area contributed by atoms with Crippen molar-refractivity contribution in [3.8, 4) is 23.0 Å². The first-order chi connectivity index (χ1) is 13.5. The zero-order chi connectivity index (χ0) is 19.8. The molecule has 0 radical (unpaired) electrons. The van der Waals surface area contributed by atoms with Crippen molar-refractivity contribution in [1.29, 1.82) is 0 Å². The Labute approximate surface area is 172 Å². The summed E-state index contributed by atoms with van der Waals surface area (Å²) in [6.45, 7) is 1.09. The van der Waals surface area contributed by atoms with Crippen LogP contribution in [0.1, 0.15) is 33.9 Å². The molecular weight excluding hydrogens is 426 g/mol. The average Bonchev–Trinajstić information content (AvgIpc) is 3.20. The highest BCUT2D eigenvalue weighted by molar-refractivity contribution is 9.10. The van der Waals surface area contributed by atoms with Crippen molar-refractivity contribution in [2.75, 3.05) is 34.6 Å². The van der Waals surface area contributed by atoms with Gasteiger partial charge in [-0.2, -0.15) is 0 Å². The number of hydrogen-bond acceptors (Lipinski definition) is 5. The van der Waals surface area contributed by atoms with Crippen molar-refractivity contribution >= 4 is 21.7 Å². The molecule has 2 heterocycles. The first-order valence-electron chi connectivity index (χ1n) is 9.22. The highest BCUT2D eigenvalue weighted by Gasteiger charge is 2.39. The Balaban J connectivity index is 1.75. The summed E-state index contributed by atoms with van der Waals surface area (Å²) in [6.07, 6.45) is 1.24. The number of methoxy groups -OCH3 is 2. The van der Waals surface area contributed by atoms with E-state index in [1.807, 2.05) is 18.2 Å². The summed E-state index contributed by atoms with van der Waals surface area (Å²) in [5, 5.41) is 0. The van der Waals surface area contributed by atoms with Gasteiger partial charge in [-0.3, -0.25) is 4.79 Å². The Hall–Kier alpha value is -2.25. The van der Waals surface area contributed by atoms with Crippen LogP contribution in [0.25, 0.3) is 0 Å². The minimum Gasteiger partial charge on any atom is -0.497 e. The predicted molar refractivity (Wildman–Crippen MR) is 107 cm³/mol. The molecule has 7 heteroatoms. The fraction of sp³-hybridized carbons (Fsp3) is 0.381. The SMILES string of the molecule is COc1cccc(C(=O)C[C@H]2c3c(c(Br)c4c(c3OC)OCO4)CC[NH+]2C)c1. The van der Waals surface area contributed by atoms with Crippen molar-refractivity contribution in [2.45, 2.75) is 18.9 Å². The molecule has 148 valence electrons. The van der Waals surface area contributed by atoms with Gasteiger partial charge in [-0.1, -0.05) is 12.1 Å². The number of Topliss-reactive ketones (excluding diaryl/α,β-unsaturated/α-hetero) is 1. The largest absolute Gasteiger partial charge is 0.497 e. The van der Waals surface area contributed by atoms with Gasteiger partial charge < -0.3 is 23.8 Å². The monoisotopic (exact) mass is 448 g/mol. The molecule has 0 aromatic heterocycles. The number of quaternary nitrogens is 1. The lowest BCUT2D eigenvalue weighted by Gasteiger charge is -2.33. The number of nitrogens with one attached hydrogen (secondary N) is 1. The number of benzene rings is 2. The molecule has 0 aliphatic carbocycles. The smallest absolute Gasteiger partial charge is 0.231 e. The number of ketones is 1. The van der Waals surface area contributed by atoms with Crippen LogP contribution in [0.15, 0.2) is 28.7 Å². The molecule has 0 amide bonds. The topological polar surface area (TPSA) is 58.4 Å². The number of carbonyl (C=O) groups is 1. The second-order valence-electron chi connectivity index (χ2n) is 7.06. The van der Waals surface area contributed by atoms with Gasteiger partial charge in [0.1, 0.15) is 11.8 Å². The summed E-state index contributed by atoms with van der Waals surface area (Å²) in [6, 6.07) is 7.26. The van der Waals surface area contributed by atoms with Gasteiger partial charge in [0.2, 0.25) is 12.5 Å². The van der Waals surface area contributed by atoms with Crippen LogP contribution in [0.2, 0.25) is 0 Å².